The average molecular weight is 405 g/mol. The number of hydrogen-bond acceptors (Lipinski definition) is 2. The van der Waals surface area contributed by atoms with Crippen molar-refractivity contribution >= 4 is 44.6 Å². The Morgan fingerprint density at radius 3 is 2.17 bits per heavy atom. The monoisotopic (exact) mass is 404 g/mol. The highest BCUT2D eigenvalue weighted by Crippen LogP contribution is 2.24. The van der Waals surface area contributed by atoms with Gasteiger partial charge in [-0.15, -0.1) is 13.2 Å². The van der Waals surface area contributed by atoms with Crippen molar-refractivity contribution in [1.29, 1.82) is 0 Å². The minimum absolute atomic E-state index is 0.287. The minimum atomic E-state index is -4.70. The predicted molar refractivity (Wildman–Crippen MR) is 91.8 cm³/mol. The first-order valence-corrected chi connectivity index (χ1v) is 7.63. The number of hydrogen-bond donors (Lipinski definition) is 2. The van der Waals surface area contributed by atoms with Crippen LogP contribution in [0.1, 0.15) is 5.56 Å². The molecule has 2 N–H and O–H groups in total. The van der Waals surface area contributed by atoms with E-state index < -0.39 is 6.36 Å². The molecule has 2 aromatic rings. The van der Waals surface area contributed by atoms with Gasteiger partial charge in [-0.3, -0.25) is 0 Å². The molecule has 0 radical (unpaired) electrons. The van der Waals surface area contributed by atoms with Crippen LogP contribution in [0.3, 0.4) is 0 Å². The van der Waals surface area contributed by atoms with E-state index in [9.17, 15) is 13.2 Å². The van der Waals surface area contributed by atoms with Crippen molar-refractivity contribution in [3.63, 3.8) is 0 Å². The van der Waals surface area contributed by atoms with Crippen LogP contribution in [0.25, 0.3) is 0 Å². The lowest BCUT2D eigenvalue weighted by atomic mass is 10.2. The molecule has 0 spiro atoms. The summed E-state index contributed by atoms with van der Waals surface area (Å²) in [6.07, 6.45) is -4.70. The van der Waals surface area contributed by atoms with E-state index in [-0.39, 0.29) is 5.75 Å². The number of nitrogens with one attached hydrogen (secondary N) is 2. The van der Waals surface area contributed by atoms with Crippen LogP contribution in [-0.2, 0) is 0 Å². The minimum Gasteiger partial charge on any atom is -0.406 e. The van der Waals surface area contributed by atoms with Crippen molar-refractivity contribution in [2.45, 2.75) is 13.3 Å². The van der Waals surface area contributed by atoms with Crippen molar-refractivity contribution < 1.29 is 17.9 Å². The maximum Gasteiger partial charge on any atom is 0.573 e. The molecule has 2 rings (SSSR count). The molecule has 0 atom stereocenters. The fourth-order valence-corrected chi connectivity index (χ4v) is 2.24. The number of ether oxygens (including phenoxy) is 1. The van der Waals surface area contributed by atoms with Crippen LogP contribution in [0.4, 0.5) is 24.5 Å². The molecular weight excluding hydrogens is 393 g/mol. The van der Waals surface area contributed by atoms with E-state index in [4.69, 9.17) is 12.2 Å². The maximum atomic E-state index is 12.1. The van der Waals surface area contributed by atoms with E-state index >= 15 is 0 Å². The summed E-state index contributed by atoms with van der Waals surface area (Å²) in [7, 11) is 0. The molecule has 0 aliphatic carbocycles. The van der Waals surface area contributed by atoms with Crippen LogP contribution in [0.2, 0.25) is 0 Å². The Balaban J connectivity index is 1.96. The zero-order chi connectivity index (χ0) is 17.0. The first-order chi connectivity index (χ1) is 10.7. The summed E-state index contributed by atoms with van der Waals surface area (Å²) in [5.41, 5.74) is 2.40. The number of benzene rings is 2. The largest absolute Gasteiger partial charge is 0.573 e. The lowest BCUT2D eigenvalue weighted by molar-refractivity contribution is -0.274. The molecule has 0 unspecified atom stereocenters. The van der Waals surface area contributed by atoms with Gasteiger partial charge >= 0.3 is 6.36 Å². The fourth-order valence-electron chi connectivity index (χ4n) is 1.76. The lowest BCUT2D eigenvalue weighted by Crippen LogP contribution is -2.19. The maximum absolute atomic E-state index is 12.1. The summed E-state index contributed by atoms with van der Waals surface area (Å²) in [5.74, 6) is -0.287. The van der Waals surface area contributed by atoms with Crippen LogP contribution in [0.15, 0.2) is 46.9 Å². The van der Waals surface area contributed by atoms with Gasteiger partial charge < -0.3 is 15.4 Å². The second-order valence-electron chi connectivity index (χ2n) is 4.62. The van der Waals surface area contributed by atoms with E-state index in [1.54, 1.807) is 0 Å². The third-order valence-corrected chi connectivity index (χ3v) is 3.86. The topological polar surface area (TPSA) is 33.3 Å². The van der Waals surface area contributed by atoms with E-state index in [1.807, 2.05) is 25.1 Å². The standard InChI is InChI=1S/C15H12BrF3N2OS/c1-9-8-11(4-7-13(9)16)21-14(23)20-10-2-5-12(6-3-10)22-15(17,18)19/h2-8H,1H3,(H2,20,21,23). The van der Waals surface area contributed by atoms with Gasteiger partial charge in [-0.25, -0.2) is 0 Å². The van der Waals surface area contributed by atoms with Crippen LogP contribution in [-0.4, -0.2) is 11.5 Å². The average Bonchev–Trinajstić information content (AvgIpc) is 2.43. The Kier molecular flexibility index (Phi) is 5.48. The Morgan fingerprint density at radius 1 is 1.04 bits per heavy atom. The number of rotatable bonds is 3. The van der Waals surface area contributed by atoms with E-state index in [1.165, 1.54) is 24.3 Å². The summed E-state index contributed by atoms with van der Waals surface area (Å²) < 4.78 is 41.0. The lowest BCUT2D eigenvalue weighted by Gasteiger charge is -2.13. The van der Waals surface area contributed by atoms with E-state index in [0.717, 1.165) is 15.7 Å². The first-order valence-electron chi connectivity index (χ1n) is 6.43. The molecule has 2 aromatic carbocycles. The quantitative estimate of drug-likeness (QED) is 0.664. The zero-order valence-electron chi connectivity index (χ0n) is 11.9. The van der Waals surface area contributed by atoms with Gasteiger partial charge in [0.05, 0.1) is 0 Å². The zero-order valence-corrected chi connectivity index (χ0v) is 14.3. The molecule has 0 saturated heterocycles. The molecule has 0 bridgehead atoms. The van der Waals surface area contributed by atoms with Gasteiger partial charge in [0.2, 0.25) is 0 Å². The predicted octanol–water partition coefficient (Wildman–Crippen LogP) is 5.47. The Bertz CT molecular complexity index is 705. The molecule has 0 amide bonds. The second-order valence-corrected chi connectivity index (χ2v) is 5.88. The third-order valence-electron chi connectivity index (χ3n) is 2.76. The smallest absolute Gasteiger partial charge is 0.406 e. The molecule has 0 aliphatic rings. The summed E-state index contributed by atoms with van der Waals surface area (Å²) in [6, 6.07) is 11.0. The van der Waals surface area contributed by atoms with Gasteiger partial charge in [-0.05, 0) is 67.2 Å². The van der Waals surface area contributed by atoms with Crippen molar-refractivity contribution in [3.05, 3.63) is 52.5 Å². The molecule has 23 heavy (non-hydrogen) atoms. The molecule has 0 aliphatic heterocycles. The van der Waals surface area contributed by atoms with E-state index in [2.05, 4.69) is 31.3 Å². The van der Waals surface area contributed by atoms with Gasteiger partial charge in [0.25, 0.3) is 0 Å². The van der Waals surface area contributed by atoms with Crippen LogP contribution < -0.4 is 15.4 Å². The third kappa shape index (κ3) is 5.72. The number of alkyl halides is 3. The summed E-state index contributed by atoms with van der Waals surface area (Å²) >= 11 is 8.58. The van der Waals surface area contributed by atoms with Gasteiger partial charge in [-0.1, -0.05) is 15.9 Å². The molecule has 0 heterocycles. The van der Waals surface area contributed by atoms with Crippen molar-refractivity contribution in [3.8, 4) is 5.75 Å². The molecule has 0 saturated carbocycles. The van der Waals surface area contributed by atoms with Gasteiger partial charge in [-0.2, -0.15) is 0 Å². The van der Waals surface area contributed by atoms with Crippen molar-refractivity contribution in [1.82, 2.24) is 0 Å². The van der Waals surface area contributed by atoms with Crippen LogP contribution >= 0.6 is 28.1 Å². The highest BCUT2D eigenvalue weighted by atomic mass is 79.9. The molecule has 0 aromatic heterocycles. The van der Waals surface area contributed by atoms with Crippen LogP contribution in [0.5, 0.6) is 5.75 Å². The number of aryl methyl sites for hydroxylation is 1. The molecule has 8 heteroatoms. The normalized spacial score (nSPS) is 11.0. The van der Waals surface area contributed by atoms with Crippen molar-refractivity contribution in [2.75, 3.05) is 10.6 Å². The van der Waals surface area contributed by atoms with Crippen LogP contribution in [0, 0.1) is 6.92 Å². The summed E-state index contributed by atoms with van der Waals surface area (Å²) in [5, 5.41) is 6.22. The van der Waals surface area contributed by atoms with Gasteiger partial charge in [0, 0.05) is 15.8 Å². The first kappa shape index (κ1) is 17.6. The number of halogens is 4. The Hall–Kier alpha value is -1.80. The highest BCUT2D eigenvalue weighted by Gasteiger charge is 2.30. The number of anilines is 2. The Morgan fingerprint density at radius 2 is 1.61 bits per heavy atom. The van der Waals surface area contributed by atoms with Crippen molar-refractivity contribution in [2.24, 2.45) is 0 Å². The highest BCUT2D eigenvalue weighted by molar-refractivity contribution is 9.10. The fraction of sp³-hybridized carbons (Fsp3) is 0.133. The molecular formula is C15H12BrF3N2OS. The molecule has 122 valence electrons. The van der Waals surface area contributed by atoms with Gasteiger partial charge in [0.15, 0.2) is 5.11 Å². The molecule has 0 fully saturated rings. The summed E-state index contributed by atoms with van der Waals surface area (Å²) in [6.45, 7) is 1.95. The van der Waals surface area contributed by atoms with Gasteiger partial charge in [0.1, 0.15) is 5.75 Å². The Labute approximate surface area is 145 Å². The summed E-state index contributed by atoms with van der Waals surface area (Å²) in [4.78, 5) is 0. The molecule has 3 nitrogen and oxygen atoms in total. The number of thiocarbonyl (C=S) groups is 1. The second kappa shape index (κ2) is 7.18. The SMILES string of the molecule is Cc1cc(NC(=S)Nc2ccc(OC(F)(F)F)cc2)ccc1Br. The van der Waals surface area contributed by atoms with E-state index in [0.29, 0.717) is 10.8 Å².